The van der Waals surface area contributed by atoms with E-state index in [-0.39, 0.29) is 16.3 Å². The second-order valence-corrected chi connectivity index (χ2v) is 8.70. The molecule has 1 aliphatic heterocycles. The van der Waals surface area contributed by atoms with Gasteiger partial charge in [0.25, 0.3) is 5.78 Å². The SMILES string of the molecule is Cc1ccc2nc(N3C(=O)C(=O)C(=C(O)c4ccc(F)cc4)[C@@H]3c3ccc(F)cc3)sc2c1. The summed E-state index contributed by atoms with van der Waals surface area (Å²) in [5.41, 5.74) is 2.12. The van der Waals surface area contributed by atoms with Gasteiger partial charge in [-0.3, -0.25) is 14.5 Å². The standard InChI is InChI=1S/C25H16F2N2O3S/c1-13-2-11-18-19(12-13)33-25(28-18)29-21(14-3-7-16(26)8-4-14)20(23(31)24(29)32)22(30)15-5-9-17(27)10-6-15/h2-12,21,30H,1H3/t21-/m0/s1. The van der Waals surface area contributed by atoms with Crippen molar-refractivity contribution < 1.29 is 23.5 Å². The Morgan fingerprint density at radius 2 is 1.61 bits per heavy atom. The molecule has 1 fully saturated rings. The fourth-order valence-electron chi connectivity index (χ4n) is 3.88. The van der Waals surface area contributed by atoms with Crippen molar-refractivity contribution in [3.63, 3.8) is 0 Å². The second-order valence-electron chi connectivity index (χ2n) is 7.70. The molecule has 0 aliphatic carbocycles. The molecule has 0 spiro atoms. The van der Waals surface area contributed by atoms with Gasteiger partial charge in [0, 0.05) is 5.56 Å². The number of aliphatic hydroxyl groups excluding tert-OH is 1. The quantitative estimate of drug-likeness (QED) is 0.248. The fraction of sp³-hybridized carbons (Fsp3) is 0.0800. The van der Waals surface area contributed by atoms with Gasteiger partial charge in [0.15, 0.2) is 5.13 Å². The molecule has 5 rings (SSSR count). The summed E-state index contributed by atoms with van der Waals surface area (Å²) in [6.45, 7) is 1.94. The van der Waals surface area contributed by atoms with Crippen LogP contribution in [0, 0.1) is 18.6 Å². The number of hydrogen-bond acceptors (Lipinski definition) is 5. The summed E-state index contributed by atoms with van der Waals surface area (Å²) < 4.78 is 27.9. The molecule has 0 radical (unpaired) electrons. The van der Waals surface area contributed by atoms with E-state index in [2.05, 4.69) is 4.98 Å². The zero-order chi connectivity index (χ0) is 23.3. The summed E-state index contributed by atoms with van der Waals surface area (Å²) in [6.07, 6.45) is 0. The van der Waals surface area contributed by atoms with E-state index < -0.39 is 35.1 Å². The average Bonchev–Trinajstić information content (AvgIpc) is 3.32. The van der Waals surface area contributed by atoms with E-state index in [9.17, 15) is 23.5 Å². The molecule has 1 aliphatic rings. The summed E-state index contributed by atoms with van der Waals surface area (Å²) in [7, 11) is 0. The van der Waals surface area contributed by atoms with Gasteiger partial charge in [0.05, 0.1) is 21.8 Å². The third-order valence-electron chi connectivity index (χ3n) is 5.49. The third-order valence-corrected chi connectivity index (χ3v) is 6.50. The van der Waals surface area contributed by atoms with Crippen LogP contribution >= 0.6 is 11.3 Å². The van der Waals surface area contributed by atoms with Gasteiger partial charge in [-0.2, -0.15) is 0 Å². The lowest BCUT2D eigenvalue weighted by atomic mass is 9.95. The number of aromatic nitrogens is 1. The van der Waals surface area contributed by atoms with Gasteiger partial charge in [-0.1, -0.05) is 29.5 Å². The molecule has 1 N–H and O–H groups in total. The van der Waals surface area contributed by atoms with Gasteiger partial charge >= 0.3 is 5.91 Å². The zero-order valence-corrected chi connectivity index (χ0v) is 18.1. The molecule has 0 saturated carbocycles. The number of benzene rings is 3. The van der Waals surface area contributed by atoms with Gasteiger partial charge in [0.2, 0.25) is 0 Å². The molecular weight excluding hydrogens is 446 g/mol. The normalized spacial score (nSPS) is 17.8. The first-order valence-electron chi connectivity index (χ1n) is 10.0. The highest BCUT2D eigenvalue weighted by Gasteiger charge is 2.48. The number of amides is 1. The van der Waals surface area contributed by atoms with Gasteiger partial charge in [-0.25, -0.2) is 13.8 Å². The number of carbonyl (C=O) groups excluding carboxylic acids is 2. The van der Waals surface area contributed by atoms with Crippen molar-refractivity contribution in [1.82, 2.24) is 4.98 Å². The molecule has 8 heteroatoms. The molecular formula is C25H16F2N2O3S. The lowest BCUT2D eigenvalue weighted by molar-refractivity contribution is -0.132. The van der Waals surface area contributed by atoms with E-state index in [0.29, 0.717) is 11.1 Å². The smallest absolute Gasteiger partial charge is 0.301 e. The minimum Gasteiger partial charge on any atom is -0.507 e. The predicted molar refractivity (Wildman–Crippen MR) is 122 cm³/mol. The van der Waals surface area contributed by atoms with E-state index in [1.54, 1.807) is 0 Å². The van der Waals surface area contributed by atoms with E-state index in [0.717, 1.165) is 22.4 Å². The average molecular weight is 462 g/mol. The molecule has 5 nitrogen and oxygen atoms in total. The summed E-state index contributed by atoms with van der Waals surface area (Å²) in [5.74, 6) is -3.19. The van der Waals surface area contributed by atoms with E-state index >= 15 is 0 Å². The van der Waals surface area contributed by atoms with Crippen molar-refractivity contribution in [1.29, 1.82) is 0 Å². The van der Waals surface area contributed by atoms with Gasteiger partial charge < -0.3 is 5.11 Å². The molecule has 164 valence electrons. The van der Waals surface area contributed by atoms with Gasteiger partial charge in [-0.15, -0.1) is 0 Å². The van der Waals surface area contributed by atoms with E-state index in [4.69, 9.17) is 0 Å². The number of anilines is 1. The molecule has 2 heterocycles. The van der Waals surface area contributed by atoms with Crippen LogP contribution < -0.4 is 4.90 Å². The molecule has 0 bridgehead atoms. The van der Waals surface area contributed by atoms with Crippen LogP contribution in [0.15, 0.2) is 72.3 Å². The first-order valence-corrected chi connectivity index (χ1v) is 10.8. The summed E-state index contributed by atoms with van der Waals surface area (Å²) in [6, 6.07) is 14.9. The highest BCUT2D eigenvalue weighted by atomic mass is 32.1. The Bertz CT molecular complexity index is 1440. The van der Waals surface area contributed by atoms with Crippen LogP contribution in [0.5, 0.6) is 0 Å². The first kappa shape index (κ1) is 21.0. The number of aliphatic hydroxyl groups is 1. The number of nitrogens with zero attached hydrogens (tertiary/aromatic N) is 2. The Kier molecular flexibility index (Phi) is 5.02. The number of halogens is 2. The summed E-state index contributed by atoms with van der Waals surface area (Å²) in [4.78, 5) is 32.0. The number of Topliss-reactive ketones (excluding diaryl/α,β-unsaturated/α-hetero) is 1. The topological polar surface area (TPSA) is 70.5 Å². The van der Waals surface area contributed by atoms with E-state index in [1.165, 1.54) is 52.6 Å². The molecule has 1 aromatic heterocycles. The van der Waals surface area contributed by atoms with Crippen molar-refractivity contribution in [3.05, 3.63) is 101 Å². The number of thiazole rings is 1. The maximum Gasteiger partial charge on any atom is 0.301 e. The van der Waals surface area contributed by atoms with E-state index in [1.807, 2.05) is 25.1 Å². The highest BCUT2D eigenvalue weighted by Crippen LogP contribution is 2.44. The predicted octanol–water partition coefficient (Wildman–Crippen LogP) is 5.51. The molecule has 1 atom stereocenters. The largest absolute Gasteiger partial charge is 0.507 e. The molecule has 1 saturated heterocycles. The van der Waals surface area contributed by atoms with Crippen LogP contribution in [-0.4, -0.2) is 21.8 Å². The lowest BCUT2D eigenvalue weighted by Crippen LogP contribution is -2.29. The minimum atomic E-state index is -1.03. The number of fused-ring (bicyclic) bond motifs is 1. The summed E-state index contributed by atoms with van der Waals surface area (Å²) in [5, 5.41) is 11.3. The minimum absolute atomic E-state index is 0.173. The molecule has 0 unspecified atom stereocenters. The van der Waals surface area contributed by atoms with Gasteiger partial charge in [-0.05, 0) is 66.6 Å². The third kappa shape index (κ3) is 3.58. The second kappa shape index (κ2) is 7.90. The molecule has 33 heavy (non-hydrogen) atoms. The van der Waals surface area contributed by atoms with Crippen LogP contribution in [-0.2, 0) is 9.59 Å². The summed E-state index contributed by atoms with van der Waals surface area (Å²) >= 11 is 1.24. The number of ketones is 1. The Hall–Kier alpha value is -3.91. The zero-order valence-electron chi connectivity index (χ0n) is 17.3. The maximum atomic E-state index is 13.6. The van der Waals surface area contributed by atoms with Crippen molar-refractivity contribution in [2.45, 2.75) is 13.0 Å². The van der Waals surface area contributed by atoms with Crippen molar-refractivity contribution in [2.24, 2.45) is 0 Å². The number of carbonyl (C=O) groups is 2. The molecule has 3 aromatic carbocycles. The Morgan fingerprint density at radius 3 is 2.27 bits per heavy atom. The monoisotopic (exact) mass is 462 g/mol. The van der Waals surface area contributed by atoms with Crippen LogP contribution in [0.2, 0.25) is 0 Å². The fourth-order valence-corrected chi connectivity index (χ4v) is 4.97. The first-order chi connectivity index (χ1) is 15.8. The van der Waals surface area contributed by atoms with Crippen LogP contribution in [0.3, 0.4) is 0 Å². The Labute approximate surface area is 191 Å². The van der Waals surface area contributed by atoms with Crippen molar-refractivity contribution in [3.8, 4) is 0 Å². The number of hydrogen-bond donors (Lipinski definition) is 1. The lowest BCUT2D eigenvalue weighted by Gasteiger charge is -2.23. The van der Waals surface area contributed by atoms with Crippen molar-refractivity contribution >= 4 is 44.1 Å². The number of aryl methyl sites for hydroxylation is 1. The highest BCUT2D eigenvalue weighted by molar-refractivity contribution is 7.22. The molecule has 1 amide bonds. The van der Waals surface area contributed by atoms with Crippen LogP contribution in [0.1, 0.15) is 22.7 Å². The Balaban J connectivity index is 1.73. The van der Waals surface area contributed by atoms with Crippen LogP contribution in [0.25, 0.3) is 16.0 Å². The Morgan fingerprint density at radius 1 is 0.970 bits per heavy atom. The maximum absolute atomic E-state index is 13.6. The van der Waals surface area contributed by atoms with Crippen molar-refractivity contribution in [2.75, 3.05) is 4.90 Å². The van der Waals surface area contributed by atoms with Crippen LogP contribution in [0.4, 0.5) is 13.9 Å². The van der Waals surface area contributed by atoms with Gasteiger partial charge in [0.1, 0.15) is 17.4 Å². The molecule has 4 aromatic rings. The number of rotatable bonds is 3.